The van der Waals surface area contributed by atoms with E-state index in [-0.39, 0.29) is 36.5 Å². The Bertz CT molecular complexity index is 1610. The van der Waals surface area contributed by atoms with Crippen molar-refractivity contribution >= 4 is 35.5 Å². The Morgan fingerprint density at radius 3 is 2.15 bits per heavy atom. The minimum absolute atomic E-state index is 0.0395. The first-order valence-electron chi connectivity index (χ1n) is 16.7. The fourth-order valence-corrected chi connectivity index (χ4v) is 6.32. The van der Waals surface area contributed by atoms with Crippen molar-refractivity contribution in [2.45, 2.75) is 89.6 Å². The van der Waals surface area contributed by atoms with Crippen molar-refractivity contribution in [3.8, 4) is 0 Å². The summed E-state index contributed by atoms with van der Waals surface area (Å²) < 4.78 is 71.3. The van der Waals surface area contributed by atoms with E-state index in [0.717, 1.165) is 41.1 Å². The number of esters is 5. The van der Waals surface area contributed by atoms with Gasteiger partial charge in [0.05, 0.1) is 56.0 Å². The van der Waals surface area contributed by atoms with Gasteiger partial charge in [-0.25, -0.2) is 4.79 Å². The molecular weight excluding hydrogens is 698 g/mol. The topological polar surface area (TPSA) is 233 Å². The Morgan fingerprint density at radius 2 is 1.54 bits per heavy atom. The highest BCUT2D eigenvalue weighted by molar-refractivity contribution is 5.89. The third-order valence-electron chi connectivity index (χ3n) is 8.45. The van der Waals surface area contributed by atoms with Crippen LogP contribution in [0.3, 0.4) is 0 Å². The number of hydrogen-bond donors (Lipinski definition) is 0. The van der Waals surface area contributed by atoms with Crippen molar-refractivity contribution in [3.63, 3.8) is 0 Å². The van der Waals surface area contributed by atoms with Crippen LogP contribution < -0.4 is 0 Å². The van der Waals surface area contributed by atoms with Gasteiger partial charge in [0, 0.05) is 46.1 Å². The number of nitro groups is 1. The Labute approximate surface area is 298 Å². The maximum atomic E-state index is 13.1. The number of benzene rings is 1. The number of methoxy groups -OCH3 is 1. The van der Waals surface area contributed by atoms with Crippen LogP contribution in [-0.4, -0.2) is 111 Å². The molecule has 4 aliphatic rings. The lowest BCUT2D eigenvalue weighted by Crippen LogP contribution is -2.63. The summed E-state index contributed by atoms with van der Waals surface area (Å²) in [4.78, 5) is 72.8. The van der Waals surface area contributed by atoms with E-state index in [4.69, 9.17) is 53.5 Å². The number of para-hydroxylation sites is 1. The van der Waals surface area contributed by atoms with E-state index in [2.05, 4.69) is 0 Å². The number of hydrogen-bond acceptors (Lipinski definition) is 18. The summed E-state index contributed by atoms with van der Waals surface area (Å²) >= 11 is 0. The molecule has 5 rings (SSSR count). The zero-order valence-corrected chi connectivity index (χ0v) is 28.8. The smallest absolute Gasteiger partial charge is 0.337 e. The lowest BCUT2D eigenvalue weighted by atomic mass is 9.79. The first-order valence-corrected chi connectivity index (χ1v) is 16.2. The molecular formula is C33H39NO18. The molecule has 4 heterocycles. The zero-order valence-electron chi connectivity index (χ0n) is 29.8. The van der Waals surface area contributed by atoms with Gasteiger partial charge in [-0.05, 0) is 6.07 Å². The Balaban J connectivity index is 1.48. The number of epoxide rings is 1. The second kappa shape index (κ2) is 16.8. The fraction of sp³-hybridized carbons (Fsp3) is 0.606. The van der Waals surface area contributed by atoms with Crippen molar-refractivity contribution in [3.05, 3.63) is 51.8 Å². The van der Waals surface area contributed by atoms with Gasteiger partial charge in [0.1, 0.15) is 18.8 Å². The normalized spacial score (nSPS) is 34.0. The van der Waals surface area contributed by atoms with Gasteiger partial charge in [-0.3, -0.25) is 29.3 Å². The first-order chi connectivity index (χ1) is 25.1. The number of carbonyl (C=O) groups is 5. The number of rotatable bonds is 13. The van der Waals surface area contributed by atoms with Crippen LogP contribution in [0.15, 0.2) is 36.1 Å². The highest BCUT2D eigenvalue weighted by Crippen LogP contribution is 2.45. The van der Waals surface area contributed by atoms with Crippen molar-refractivity contribution in [1.82, 2.24) is 0 Å². The Kier molecular flexibility index (Phi) is 12.0. The maximum absolute atomic E-state index is 13.1. The minimum atomic E-state index is -1.72. The molecule has 11 atom stereocenters. The molecule has 0 aliphatic carbocycles. The molecule has 3 fully saturated rings. The third-order valence-corrected chi connectivity index (χ3v) is 8.45. The predicted octanol–water partition coefficient (Wildman–Crippen LogP) is 1.54. The zero-order chi connectivity index (χ0) is 38.6. The summed E-state index contributed by atoms with van der Waals surface area (Å²) in [6, 6.07) is 6.02. The number of nitro benzene ring substituents is 1. The fourth-order valence-electron chi connectivity index (χ4n) is 6.32. The summed E-state index contributed by atoms with van der Waals surface area (Å²) in [5.41, 5.74) is 0.0672. The molecule has 0 saturated carbocycles. The second-order valence-corrected chi connectivity index (χ2v) is 12.1. The second-order valence-electron chi connectivity index (χ2n) is 12.1. The van der Waals surface area contributed by atoms with E-state index in [1.54, 1.807) is 12.1 Å². The largest absolute Gasteiger partial charge is 0.471 e. The van der Waals surface area contributed by atoms with Gasteiger partial charge in [0.25, 0.3) is 5.69 Å². The predicted molar refractivity (Wildman–Crippen MR) is 166 cm³/mol. The molecule has 0 bridgehead atoms. The molecule has 19 heteroatoms. The van der Waals surface area contributed by atoms with E-state index in [9.17, 15) is 34.1 Å². The summed E-state index contributed by atoms with van der Waals surface area (Å²) in [5, 5.41) is 11.7. The van der Waals surface area contributed by atoms with Gasteiger partial charge < -0.3 is 52.1 Å². The highest BCUT2D eigenvalue weighted by Gasteiger charge is 2.57. The van der Waals surface area contributed by atoms with Crippen LogP contribution in [-0.2, 0) is 76.1 Å². The molecule has 3 saturated heterocycles. The molecule has 0 radical (unpaired) electrons. The van der Waals surface area contributed by atoms with Crippen LogP contribution in [0.25, 0.3) is 0 Å². The molecule has 4 aliphatic heterocycles. The van der Waals surface area contributed by atoms with Crippen LogP contribution in [0.1, 0.15) is 47.2 Å². The van der Waals surface area contributed by atoms with Crippen LogP contribution in [0.5, 0.6) is 0 Å². The van der Waals surface area contributed by atoms with E-state index < -0.39 is 109 Å². The van der Waals surface area contributed by atoms with Gasteiger partial charge in [0.15, 0.2) is 24.6 Å². The van der Waals surface area contributed by atoms with Crippen LogP contribution >= 0.6 is 0 Å². The van der Waals surface area contributed by atoms with Crippen molar-refractivity contribution in [2.24, 2.45) is 11.8 Å². The van der Waals surface area contributed by atoms with Crippen LogP contribution in [0.2, 0.25) is 0 Å². The average Bonchev–Trinajstić information content (AvgIpc) is 3.66. The number of carbonyl (C=O) groups excluding carboxylic acids is 5. The first kappa shape index (κ1) is 37.1. The van der Waals surface area contributed by atoms with E-state index in [1.165, 1.54) is 12.1 Å². The minimum Gasteiger partial charge on any atom is -0.471 e. The molecule has 0 spiro atoms. The maximum Gasteiger partial charge on any atom is 0.337 e. The van der Waals surface area contributed by atoms with E-state index in [0.29, 0.717) is 0 Å². The molecule has 0 amide bonds. The van der Waals surface area contributed by atoms with Crippen LogP contribution in [0, 0.1) is 22.0 Å². The third kappa shape index (κ3) is 9.20. The number of nitrogens with zero attached hydrogens (tertiary/aromatic N) is 1. The lowest BCUT2D eigenvalue weighted by Gasteiger charge is -2.46. The van der Waals surface area contributed by atoms with Gasteiger partial charge in [0.2, 0.25) is 12.6 Å². The Hall–Kier alpha value is -4.69. The number of ether oxygens (including phenoxy) is 11. The molecule has 2 unspecified atom stereocenters. The van der Waals surface area contributed by atoms with Gasteiger partial charge in [-0.15, -0.1) is 0 Å². The van der Waals surface area contributed by atoms with Crippen molar-refractivity contribution in [1.29, 1.82) is 0 Å². The van der Waals surface area contributed by atoms with Gasteiger partial charge >= 0.3 is 29.8 Å². The highest BCUT2D eigenvalue weighted by atomic mass is 16.8. The van der Waals surface area contributed by atoms with Gasteiger partial charge in [-0.2, -0.15) is 0 Å². The molecule has 0 N–H and O–H groups in total. The van der Waals surface area contributed by atoms with Crippen molar-refractivity contribution < 1.29 is 82.4 Å². The van der Waals surface area contributed by atoms with E-state index in [1.807, 2.05) is 0 Å². The van der Waals surface area contributed by atoms with Gasteiger partial charge in [-0.1, -0.05) is 12.1 Å². The summed E-state index contributed by atoms with van der Waals surface area (Å²) in [6.07, 6.45) is -11.8. The molecule has 52 heavy (non-hydrogen) atoms. The SMILES string of the molecule is [2H][C@@]1([C@H]2[C@H](O[C@@H]3O[C@H](COC(C)=O)[C@@H](OC(C)=O)[C@H](OC(C)=O)[C@H]3OC(C)=O)OC=C(C(=O)OC)[C@H]2CC2OCC(c3ccccc3[N+](=O)[O-])O2)CO1. The Morgan fingerprint density at radius 1 is 0.885 bits per heavy atom. The molecule has 1 aromatic carbocycles. The average molecular weight is 739 g/mol. The van der Waals surface area contributed by atoms with Crippen molar-refractivity contribution in [2.75, 3.05) is 26.9 Å². The molecule has 0 aromatic heterocycles. The lowest BCUT2D eigenvalue weighted by molar-refractivity contribution is -0.386. The van der Waals surface area contributed by atoms with E-state index >= 15 is 0 Å². The quantitative estimate of drug-likeness (QED) is 0.0918. The standard InChI is InChI=1S/C33H39NO18/c1-15(35)43-14-25-28(47-16(2)36)29(48-17(3)37)30(49-18(4)38)33(51-25)52-32-27(24-13-44-24)20(21(11-46-32)31(39)42-5)10-26-45-12-23(50-26)19-8-6-7-9-22(19)34(40)41/h6-9,11,20,23-30,32-33H,10,12-14H2,1-5H3/t20-,23?,24+,25-,26?,27+,28-,29+,30-,32+,33+/m1/s1/i24D. The van der Waals surface area contributed by atoms with Crippen LogP contribution in [0.4, 0.5) is 5.69 Å². The molecule has 1 aromatic rings. The molecule has 19 nitrogen and oxygen atoms in total. The molecule has 284 valence electrons. The summed E-state index contributed by atoms with van der Waals surface area (Å²) in [5.74, 6) is -6.27. The monoisotopic (exact) mass is 738 g/mol. The summed E-state index contributed by atoms with van der Waals surface area (Å²) in [7, 11) is 1.15. The summed E-state index contributed by atoms with van der Waals surface area (Å²) in [6.45, 7) is 3.61.